The van der Waals surface area contributed by atoms with Gasteiger partial charge in [0.1, 0.15) is 6.10 Å². The van der Waals surface area contributed by atoms with Crippen molar-refractivity contribution in [2.45, 2.75) is 19.1 Å². The Hall–Kier alpha value is -1.94. The molecule has 2 atom stereocenters. The Bertz CT molecular complexity index is 464. The zero-order chi connectivity index (χ0) is 13.0. The average molecular weight is 246 g/mol. The van der Waals surface area contributed by atoms with Crippen LogP contribution in [-0.4, -0.2) is 30.6 Å². The molecule has 0 spiro atoms. The van der Waals surface area contributed by atoms with Gasteiger partial charge in [-0.1, -0.05) is 30.3 Å². The van der Waals surface area contributed by atoms with Crippen molar-refractivity contribution in [3.05, 3.63) is 48.0 Å². The van der Waals surface area contributed by atoms with E-state index >= 15 is 0 Å². The van der Waals surface area contributed by atoms with Crippen LogP contribution in [0.5, 0.6) is 0 Å². The second kappa shape index (κ2) is 5.60. The largest absolute Gasteiger partial charge is 0.463 e. The van der Waals surface area contributed by atoms with Crippen LogP contribution in [0.2, 0.25) is 0 Å². The van der Waals surface area contributed by atoms with Gasteiger partial charge in [-0.05, 0) is 13.0 Å². The Morgan fingerprint density at radius 1 is 1.33 bits per heavy atom. The second-order valence-electron chi connectivity index (χ2n) is 3.86. The molecule has 1 aromatic carbocycles. The summed E-state index contributed by atoms with van der Waals surface area (Å²) in [6.45, 7) is 2.07. The van der Waals surface area contributed by atoms with Crippen molar-refractivity contribution >= 4 is 11.8 Å². The third-order valence-electron chi connectivity index (χ3n) is 2.55. The van der Waals surface area contributed by atoms with Gasteiger partial charge in [-0.3, -0.25) is 4.79 Å². The molecule has 0 unspecified atom stereocenters. The van der Waals surface area contributed by atoms with Gasteiger partial charge in [0.15, 0.2) is 11.9 Å². The van der Waals surface area contributed by atoms with Crippen LogP contribution in [-0.2, 0) is 14.3 Å². The van der Waals surface area contributed by atoms with Crippen LogP contribution in [0, 0.1) is 0 Å². The van der Waals surface area contributed by atoms with Gasteiger partial charge in [-0.25, -0.2) is 4.79 Å². The molecule has 1 aliphatic heterocycles. The SMILES string of the molecule is CCOC(=O)/C=C/[C@@H]1O[C@H]1C(=O)c1ccccc1. The molecule has 0 saturated carbocycles. The predicted molar refractivity (Wildman–Crippen MR) is 65.2 cm³/mol. The Labute approximate surface area is 105 Å². The van der Waals surface area contributed by atoms with E-state index in [-0.39, 0.29) is 11.9 Å². The first-order valence-electron chi connectivity index (χ1n) is 5.82. The molecule has 1 heterocycles. The van der Waals surface area contributed by atoms with E-state index in [9.17, 15) is 9.59 Å². The van der Waals surface area contributed by atoms with Crippen LogP contribution < -0.4 is 0 Å². The van der Waals surface area contributed by atoms with Crippen molar-refractivity contribution in [1.82, 2.24) is 0 Å². The quantitative estimate of drug-likeness (QED) is 0.344. The lowest BCUT2D eigenvalue weighted by atomic mass is 10.1. The summed E-state index contributed by atoms with van der Waals surface area (Å²) in [5.41, 5.74) is 0.620. The van der Waals surface area contributed by atoms with Crippen molar-refractivity contribution in [3.63, 3.8) is 0 Å². The highest BCUT2D eigenvalue weighted by Crippen LogP contribution is 2.27. The first-order chi connectivity index (χ1) is 8.72. The van der Waals surface area contributed by atoms with Crippen LogP contribution in [0.3, 0.4) is 0 Å². The summed E-state index contributed by atoms with van der Waals surface area (Å²) in [4.78, 5) is 23.0. The Morgan fingerprint density at radius 3 is 2.72 bits per heavy atom. The Balaban J connectivity index is 1.88. The maximum atomic E-state index is 11.9. The fourth-order valence-corrected chi connectivity index (χ4v) is 1.61. The number of carbonyl (C=O) groups excluding carboxylic acids is 2. The van der Waals surface area contributed by atoms with Crippen molar-refractivity contribution in [1.29, 1.82) is 0 Å². The maximum Gasteiger partial charge on any atom is 0.330 e. The number of ketones is 1. The minimum atomic E-state index is -0.474. The lowest BCUT2D eigenvalue weighted by Gasteiger charge is -1.95. The van der Waals surface area contributed by atoms with E-state index in [1.165, 1.54) is 6.08 Å². The predicted octanol–water partition coefficient (Wildman–Crippen LogP) is 1.76. The molecule has 4 nitrogen and oxygen atoms in total. The van der Waals surface area contributed by atoms with Crippen LogP contribution in [0.4, 0.5) is 0 Å². The molecule has 18 heavy (non-hydrogen) atoms. The molecule has 0 bridgehead atoms. The number of ether oxygens (including phenoxy) is 2. The summed E-state index contributed by atoms with van der Waals surface area (Å²) >= 11 is 0. The van der Waals surface area contributed by atoms with Crippen LogP contribution >= 0.6 is 0 Å². The van der Waals surface area contributed by atoms with E-state index in [1.54, 1.807) is 37.3 Å². The van der Waals surface area contributed by atoms with Gasteiger partial charge in [0.2, 0.25) is 0 Å². The smallest absolute Gasteiger partial charge is 0.330 e. The molecule has 2 rings (SSSR count). The molecular formula is C14H14O4. The molecule has 1 aliphatic rings. The number of epoxide rings is 1. The summed E-state index contributed by atoms with van der Waals surface area (Å²) in [6.07, 6.45) is 2.07. The Morgan fingerprint density at radius 2 is 2.06 bits per heavy atom. The molecule has 0 aromatic heterocycles. The van der Waals surface area contributed by atoms with E-state index in [2.05, 4.69) is 0 Å². The van der Waals surface area contributed by atoms with Crippen molar-refractivity contribution in [2.24, 2.45) is 0 Å². The van der Waals surface area contributed by atoms with E-state index in [4.69, 9.17) is 9.47 Å². The fraction of sp³-hybridized carbons (Fsp3) is 0.286. The number of rotatable bonds is 5. The molecule has 0 radical (unpaired) electrons. The van der Waals surface area contributed by atoms with Gasteiger partial charge in [0, 0.05) is 11.6 Å². The zero-order valence-electron chi connectivity index (χ0n) is 10.0. The summed E-state index contributed by atoms with van der Waals surface area (Å²) in [6, 6.07) is 8.95. The number of benzene rings is 1. The molecule has 4 heteroatoms. The third-order valence-corrected chi connectivity index (χ3v) is 2.55. The van der Waals surface area contributed by atoms with Crippen molar-refractivity contribution < 1.29 is 19.1 Å². The standard InChI is InChI=1S/C14H14O4/c1-2-17-12(15)9-8-11-14(18-11)13(16)10-6-4-3-5-7-10/h3-9,11,14H,2H2,1H3/b9-8+/t11-,14+/m0/s1. The van der Waals surface area contributed by atoms with Crippen molar-refractivity contribution in [3.8, 4) is 0 Å². The van der Waals surface area contributed by atoms with Gasteiger partial charge in [-0.2, -0.15) is 0 Å². The highest BCUT2D eigenvalue weighted by atomic mass is 16.6. The number of esters is 1. The summed E-state index contributed by atoms with van der Waals surface area (Å²) in [7, 11) is 0. The van der Waals surface area contributed by atoms with Gasteiger partial charge >= 0.3 is 5.97 Å². The minimum Gasteiger partial charge on any atom is -0.463 e. The normalized spacial score (nSPS) is 21.8. The molecule has 0 amide bonds. The summed E-state index contributed by atoms with van der Waals surface area (Å²) in [5, 5.41) is 0. The highest BCUT2D eigenvalue weighted by molar-refractivity contribution is 6.01. The lowest BCUT2D eigenvalue weighted by Crippen LogP contribution is -2.09. The van der Waals surface area contributed by atoms with E-state index < -0.39 is 12.1 Å². The third kappa shape index (κ3) is 3.05. The molecule has 0 aliphatic carbocycles. The first-order valence-corrected chi connectivity index (χ1v) is 5.82. The first kappa shape index (κ1) is 12.5. The fourth-order valence-electron chi connectivity index (χ4n) is 1.61. The number of Topliss-reactive ketones (excluding diaryl/α,β-unsaturated/α-hetero) is 1. The van der Waals surface area contributed by atoms with E-state index in [0.29, 0.717) is 12.2 Å². The number of carbonyl (C=O) groups is 2. The molecule has 1 aromatic rings. The summed E-state index contributed by atoms with van der Waals surface area (Å²) < 4.78 is 9.95. The average Bonchev–Trinajstić information content (AvgIpc) is 3.16. The highest BCUT2D eigenvalue weighted by Gasteiger charge is 2.43. The van der Waals surface area contributed by atoms with Crippen LogP contribution in [0.25, 0.3) is 0 Å². The van der Waals surface area contributed by atoms with Gasteiger partial charge in [0.05, 0.1) is 6.61 Å². The van der Waals surface area contributed by atoms with Gasteiger partial charge in [-0.15, -0.1) is 0 Å². The topological polar surface area (TPSA) is 55.9 Å². The molecular weight excluding hydrogens is 232 g/mol. The van der Waals surface area contributed by atoms with Crippen molar-refractivity contribution in [2.75, 3.05) is 6.61 Å². The summed E-state index contributed by atoms with van der Waals surface area (Å²) in [5.74, 6) is -0.479. The second-order valence-corrected chi connectivity index (χ2v) is 3.86. The van der Waals surface area contributed by atoms with Crippen LogP contribution in [0.1, 0.15) is 17.3 Å². The lowest BCUT2D eigenvalue weighted by molar-refractivity contribution is -0.137. The maximum absolute atomic E-state index is 11.9. The minimum absolute atomic E-state index is 0.0610. The van der Waals surface area contributed by atoms with Gasteiger partial charge in [0.25, 0.3) is 0 Å². The molecule has 1 fully saturated rings. The Kier molecular flexibility index (Phi) is 3.89. The molecule has 1 saturated heterocycles. The van der Waals surface area contributed by atoms with Gasteiger partial charge < -0.3 is 9.47 Å². The number of hydrogen-bond acceptors (Lipinski definition) is 4. The molecule has 0 N–H and O–H groups in total. The van der Waals surface area contributed by atoms with E-state index in [0.717, 1.165) is 0 Å². The van der Waals surface area contributed by atoms with E-state index in [1.807, 2.05) is 6.07 Å². The molecule has 94 valence electrons. The zero-order valence-corrected chi connectivity index (χ0v) is 10.0. The monoisotopic (exact) mass is 246 g/mol. The van der Waals surface area contributed by atoms with Crippen LogP contribution in [0.15, 0.2) is 42.5 Å². The number of hydrogen-bond donors (Lipinski definition) is 0.